The summed E-state index contributed by atoms with van der Waals surface area (Å²) >= 11 is 0. The fourth-order valence-electron chi connectivity index (χ4n) is 3.12. The Hall–Kier alpha value is -2.62. The van der Waals surface area contributed by atoms with Gasteiger partial charge in [-0.1, -0.05) is 24.3 Å². The lowest BCUT2D eigenvalue weighted by molar-refractivity contribution is 0.511. The van der Waals surface area contributed by atoms with Gasteiger partial charge in [0.05, 0.1) is 6.54 Å². The van der Waals surface area contributed by atoms with Gasteiger partial charge in [-0.25, -0.2) is 4.98 Å². The molecule has 0 saturated heterocycles. The van der Waals surface area contributed by atoms with Crippen LogP contribution in [-0.2, 0) is 13.0 Å². The highest BCUT2D eigenvalue weighted by Gasteiger charge is 2.22. The minimum absolute atomic E-state index is 0.627. The number of aromatic nitrogens is 2. The van der Waals surface area contributed by atoms with Gasteiger partial charge in [-0.05, 0) is 37.1 Å². The van der Waals surface area contributed by atoms with Crippen LogP contribution < -0.4 is 4.90 Å². The second-order valence-corrected chi connectivity index (χ2v) is 5.92. The van der Waals surface area contributed by atoms with Crippen molar-refractivity contribution in [2.24, 2.45) is 0 Å². The first-order valence-corrected chi connectivity index (χ1v) is 8.02. The molecule has 1 aliphatic heterocycles. The molecule has 0 spiro atoms. The van der Waals surface area contributed by atoms with Crippen LogP contribution >= 0.6 is 0 Å². The number of benzene rings is 1. The molecule has 0 N–H and O–H groups in total. The Balaban J connectivity index is 1.67. The monoisotopic (exact) mass is 305 g/mol. The maximum absolute atomic E-state index is 5.99. The van der Waals surface area contributed by atoms with Crippen molar-refractivity contribution < 1.29 is 4.42 Å². The van der Waals surface area contributed by atoms with Crippen molar-refractivity contribution in [2.45, 2.75) is 26.3 Å². The Morgan fingerprint density at radius 2 is 1.96 bits per heavy atom. The van der Waals surface area contributed by atoms with Crippen LogP contribution in [0.4, 0.5) is 5.69 Å². The number of fused-ring (bicyclic) bond motifs is 1. The fourth-order valence-corrected chi connectivity index (χ4v) is 3.12. The summed E-state index contributed by atoms with van der Waals surface area (Å²) in [5.41, 5.74) is 4.40. The topological polar surface area (TPSA) is 42.2 Å². The first-order chi connectivity index (χ1) is 11.3. The fraction of sp³-hybridized carbons (Fsp3) is 0.263. The van der Waals surface area contributed by atoms with E-state index in [0.717, 1.165) is 43.1 Å². The molecule has 0 aliphatic carbocycles. The summed E-state index contributed by atoms with van der Waals surface area (Å²) in [5.74, 6) is 1.63. The maximum Gasteiger partial charge on any atom is 0.245 e. The largest absolute Gasteiger partial charge is 0.440 e. The van der Waals surface area contributed by atoms with E-state index in [1.807, 2.05) is 18.2 Å². The Kier molecular flexibility index (Phi) is 3.58. The molecule has 3 heterocycles. The zero-order valence-electron chi connectivity index (χ0n) is 13.2. The van der Waals surface area contributed by atoms with E-state index in [1.54, 1.807) is 6.20 Å². The predicted molar refractivity (Wildman–Crippen MR) is 90.3 cm³/mol. The molecule has 3 aromatic rings. The van der Waals surface area contributed by atoms with E-state index in [0.29, 0.717) is 5.89 Å². The van der Waals surface area contributed by atoms with Crippen molar-refractivity contribution in [3.8, 4) is 11.6 Å². The number of hydrogen-bond acceptors (Lipinski definition) is 4. The van der Waals surface area contributed by atoms with Crippen molar-refractivity contribution in [1.29, 1.82) is 0 Å². The summed E-state index contributed by atoms with van der Waals surface area (Å²) in [7, 11) is 0. The highest BCUT2D eigenvalue weighted by molar-refractivity contribution is 5.54. The Morgan fingerprint density at radius 3 is 2.78 bits per heavy atom. The second-order valence-electron chi connectivity index (χ2n) is 5.92. The molecule has 2 aromatic heterocycles. The smallest absolute Gasteiger partial charge is 0.245 e. The Bertz CT molecular complexity index is 810. The number of para-hydroxylation sites is 1. The molecule has 0 radical (unpaired) electrons. The molecule has 1 aliphatic rings. The summed E-state index contributed by atoms with van der Waals surface area (Å²) in [6.07, 6.45) is 3.76. The van der Waals surface area contributed by atoms with Crippen LogP contribution in [-0.4, -0.2) is 16.5 Å². The molecule has 0 atom stereocenters. The molecule has 23 heavy (non-hydrogen) atoms. The predicted octanol–water partition coefficient (Wildman–Crippen LogP) is 4.00. The van der Waals surface area contributed by atoms with Gasteiger partial charge in [0, 0.05) is 24.8 Å². The van der Waals surface area contributed by atoms with E-state index in [1.165, 1.54) is 11.3 Å². The Labute approximate surface area is 135 Å². The van der Waals surface area contributed by atoms with E-state index in [-0.39, 0.29) is 0 Å². The molecule has 0 unspecified atom stereocenters. The Morgan fingerprint density at radius 1 is 1.09 bits per heavy atom. The average Bonchev–Trinajstić information content (AvgIpc) is 2.88. The van der Waals surface area contributed by atoms with Crippen LogP contribution in [0.15, 0.2) is 53.1 Å². The first-order valence-electron chi connectivity index (χ1n) is 8.02. The third-order valence-corrected chi connectivity index (χ3v) is 4.29. The van der Waals surface area contributed by atoms with Gasteiger partial charge < -0.3 is 9.32 Å². The molecule has 0 amide bonds. The molecule has 4 heteroatoms. The van der Waals surface area contributed by atoms with Crippen molar-refractivity contribution >= 4 is 5.69 Å². The van der Waals surface area contributed by atoms with Crippen molar-refractivity contribution in [3.05, 3.63) is 65.7 Å². The second kappa shape index (κ2) is 5.88. The number of nitrogens with zero attached hydrogens (tertiary/aromatic N) is 3. The molecule has 0 fully saturated rings. The van der Waals surface area contributed by atoms with Crippen LogP contribution in [0.5, 0.6) is 0 Å². The van der Waals surface area contributed by atoms with Gasteiger partial charge in [0.1, 0.15) is 17.1 Å². The molecule has 0 bridgehead atoms. The van der Waals surface area contributed by atoms with Crippen molar-refractivity contribution in [1.82, 2.24) is 9.97 Å². The average molecular weight is 305 g/mol. The lowest BCUT2D eigenvalue weighted by Gasteiger charge is -2.24. The summed E-state index contributed by atoms with van der Waals surface area (Å²) in [6.45, 7) is 3.97. The zero-order chi connectivity index (χ0) is 15.6. The normalized spacial score (nSPS) is 14.4. The standard InChI is InChI=1S/C19H19N3O/c1-14-7-2-3-9-17(14)22-12-6-10-18-16(13-22)21-19(23-18)15-8-4-5-11-20-15/h2-5,7-9,11H,6,10,12-13H2,1H3. The van der Waals surface area contributed by atoms with E-state index < -0.39 is 0 Å². The van der Waals surface area contributed by atoms with Gasteiger partial charge in [-0.15, -0.1) is 0 Å². The molecule has 4 nitrogen and oxygen atoms in total. The van der Waals surface area contributed by atoms with E-state index >= 15 is 0 Å². The highest BCUT2D eigenvalue weighted by Crippen LogP contribution is 2.28. The lowest BCUT2D eigenvalue weighted by Crippen LogP contribution is -2.23. The van der Waals surface area contributed by atoms with Crippen molar-refractivity contribution in [2.75, 3.05) is 11.4 Å². The molecule has 0 saturated carbocycles. The minimum atomic E-state index is 0.627. The quantitative estimate of drug-likeness (QED) is 0.717. The van der Waals surface area contributed by atoms with E-state index in [4.69, 9.17) is 9.40 Å². The third kappa shape index (κ3) is 2.72. The molecule has 1 aromatic carbocycles. The SMILES string of the molecule is Cc1ccccc1N1CCCc2oc(-c3ccccn3)nc2C1. The first kappa shape index (κ1) is 14.0. The molecule has 116 valence electrons. The van der Waals surface area contributed by atoms with Crippen LogP contribution in [0.3, 0.4) is 0 Å². The van der Waals surface area contributed by atoms with Gasteiger partial charge in [0.25, 0.3) is 0 Å². The van der Waals surface area contributed by atoms with Crippen molar-refractivity contribution in [3.63, 3.8) is 0 Å². The van der Waals surface area contributed by atoms with Gasteiger partial charge in [0.15, 0.2) is 0 Å². The molecular weight excluding hydrogens is 286 g/mol. The lowest BCUT2D eigenvalue weighted by atomic mass is 10.2. The number of aryl methyl sites for hydroxylation is 2. The van der Waals surface area contributed by atoms with Gasteiger partial charge in [-0.2, -0.15) is 0 Å². The number of pyridine rings is 1. The van der Waals surface area contributed by atoms with Crippen LogP contribution in [0.2, 0.25) is 0 Å². The van der Waals surface area contributed by atoms with Gasteiger partial charge in [-0.3, -0.25) is 4.98 Å². The van der Waals surface area contributed by atoms with Crippen LogP contribution in [0.1, 0.15) is 23.4 Å². The molecule has 4 rings (SSSR count). The van der Waals surface area contributed by atoms with Crippen LogP contribution in [0, 0.1) is 6.92 Å². The van der Waals surface area contributed by atoms with Crippen LogP contribution in [0.25, 0.3) is 11.6 Å². The van der Waals surface area contributed by atoms with Gasteiger partial charge >= 0.3 is 0 Å². The van der Waals surface area contributed by atoms with E-state index in [9.17, 15) is 0 Å². The molecular formula is C19H19N3O. The number of anilines is 1. The third-order valence-electron chi connectivity index (χ3n) is 4.29. The van der Waals surface area contributed by atoms with E-state index in [2.05, 4.69) is 41.1 Å². The summed E-state index contributed by atoms with van der Waals surface area (Å²) in [5, 5.41) is 0. The summed E-state index contributed by atoms with van der Waals surface area (Å²) in [4.78, 5) is 11.4. The summed E-state index contributed by atoms with van der Waals surface area (Å²) < 4.78 is 5.99. The summed E-state index contributed by atoms with van der Waals surface area (Å²) in [6, 6.07) is 14.3. The zero-order valence-corrected chi connectivity index (χ0v) is 13.2. The minimum Gasteiger partial charge on any atom is -0.440 e. The number of hydrogen-bond donors (Lipinski definition) is 0. The number of rotatable bonds is 2. The van der Waals surface area contributed by atoms with Gasteiger partial charge in [0.2, 0.25) is 5.89 Å². The number of oxazole rings is 1. The highest BCUT2D eigenvalue weighted by atomic mass is 16.4. The maximum atomic E-state index is 5.99.